The molecule has 0 radical (unpaired) electrons. The van der Waals surface area contributed by atoms with Crippen LogP contribution in [0.4, 0.5) is 0 Å². The number of hydrogen-bond acceptors (Lipinski definition) is 3. The molecular formula is C19H13N3O3. The van der Waals surface area contributed by atoms with Crippen LogP contribution in [0.15, 0.2) is 66.9 Å². The van der Waals surface area contributed by atoms with Gasteiger partial charge in [0.15, 0.2) is 0 Å². The Morgan fingerprint density at radius 2 is 1.68 bits per heavy atom. The summed E-state index contributed by atoms with van der Waals surface area (Å²) in [5.41, 5.74) is 4.40. The monoisotopic (exact) mass is 331 g/mol. The number of pyridine rings is 1. The van der Waals surface area contributed by atoms with Crippen molar-refractivity contribution < 1.29 is 14.7 Å². The van der Waals surface area contributed by atoms with Crippen molar-refractivity contribution in [3.05, 3.63) is 78.1 Å². The largest absolute Gasteiger partial charge is 0.477 e. The summed E-state index contributed by atoms with van der Waals surface area (Å²) in [5.74, 6) is -1.55. The Balaban J connectivity index is 1.76. The van der Waals surface area contributed by atoms with Crippen molar-refractivity contribution in [1.82, 2.24) is 9.66 Å². The van der Waals surface area contributed by atoms with E-state index in [2.05, 4.69) is 10.4 Å². The summed E-state index contributed by atoms with van der Waals surface area (Å²) >= 11 is 0. The number of amides is 1. The zero-order valence-electron chi connectivity index (χ0n) is 13.0. The number of fused-ring (bicyclic) bond motifs is 2. The predicted molar refractivity (Wildman–Crippen MR) is 94.3 cm³/mol. The van der Waals surface area contributed by atoms with Gasteiger partial charge in [0, 0.05) is 17.0 Å². The van der Waals surface area contributed by atoms with E-state index >= 15 is 0 Å². The van der Waals surface area contributed by atoms with Crippen molar-refractivity contribution in [3.63, 3.8) is 0 Å². The Morgan fingerprint density at radius 1 is 0.960 bits per heavy atom. The minimum absolute atomic E-state index is 0.0108. The van der Waals surface area contributed by atoms with Gasteiger partial charge in [0.1, 0.15) is 5.69 Å². The number of rotatable bonds is 3. The van der Waals surface area contributed by atoms with Crippen LogP contribution in [0.25, 0.3) is 21.8 Å². The lowest BCUT2D eigenvalue weighted by atomic mass is 10.1. The van der Waals surface area contributed by atoms with Crippen molar-refractivity contribution >= 4 is 33.7 Å². The van der Waals surface area contributed by atoms with Crippen LogP contribution in [0.5, 0.6) is 0 Å². The first-order valence-corrected chi connectivity index (χ1v) is 7.63. The first kappa shape index (κ1) is 14.9. The first-order valence-electron chi connectivity index (χ1n) is 7.63. The van der Waals surface area contributed by atoms with Gasteiger partial charge in [-0.3, -0.25) is 15.2 Å². The molecule has 0 aliphatic rings. The molecule has 25 heavy (non-hydrogen) atoms. The molecule has 2 heterocycles. The maximum atomic E-state index is 12.6. The molecule has 4 rings (SSSR count). The van der Waals surface area contributed by atoms with E-state index in [-0.39, 0.29) is 5.69 Å². The van der Waals surface area contributed by atoms with E-state index in [1.54, 1.807) is 24.3 Å². The van der Waals surface area contributed by atoms with Gasteiger partial charge in [-0.05, 0) is 24.3 Å². The lowest BCUT2D eigenvalue weighted by molar-refractivity contribution is 0.0687. The van der Waals surface area contributed by atoms with E-state index < -0.39 is 11.9 Å². The SMILES string of the molecule is O=C(Nn1c(C(=O)O)cc2ccccc21)c1cnc2ccccc2c1. The Hall–Kier alpha value is -3.67. The molecule has 0 unspecified atom stereocenters. The number of para-hydroxylation sites is 2. The minimum atomic E-state index is -1.12. The van der Waals surface area contributed by atoms with Crippen molar-refractivity contribution in [2.75, 3.05) is 5.43 Å². The van der Waals surface area contributed by atoms with Crippen LogP contribution in [0.1, 0.15) is 20.8 Å². The van der Waals surface area contributed by atoms with Gasteiger partial charge in [0.05, 0.1) is 16.6 Å². The number of aromatic carboxylic acids is 1. The molecule has 6 heteroatoms. The molecule has 2 aromatic carbocycles. The molecule has 0 bridgehead atoms. The van der Waals surface area contributed by atoms with Crippen LogP contribution in [0.3, 0.4) is 0 Å². The molecule has 1 amide bonds. The van der Waals surface area contributed by atoms with Crippen LogP contribution in [0, 0.1) is 0 Å². The standard InChI is InChI=1S/C19H13N3O3/c23-18(14-9-12-5-1-3-7-15(12)20-11-14)21-22-16-8-4-2-6-13(16)10-17(22)19(24)25/h1-11H,(H,21,23)(H,24,25). The molecule has 0 aliphatic heterocycles. The Morgan fingerprint density at radius 3 is 2.48 bits per heavy atom. The molecule has 0 saturated heterocycles. The fraction of sp³-hybridized carbons (Fsp3) is 0. The van der Waals surface area contributed by atoms with Crippen LogP contribution in [-0.4, -0.2) is 26.6 Å². The van der Waals surface area contributed by atoms with Gasteiger partial charge in [-0.2, -0.15) is 0 Å². The second kappa shape index (κ2) is 5.76. The van der Waals surface area contributed by atoms with E-state index in [1.807, 2.05) is 30.3 Å². The summed E-state index contributed by atoms with van der Waals surface area (Å²) in [7, 11) is 0. The molecule has 122 valence electrons. The first-order chi connectivity index (χ1) is 12.1. The molecule has 2 aromatic heterocycles. The average molecular weight is 331 g/mol. The summed E-state index contributed by atoms with van der Waals surface area (Å²) in [5, 5.41) is 11.0. The number of nitrogens with zero attached hydrogens (tertiary/aromatic N) is 2. The third kappa shape index (κ3) is 2.59. The van der Waals surface area contributed by atoms with Crippen LogP contribution >= 0.6 is 0 Å². The molecule has 0 fully saturated rings. The van der Waals surface area contributed by atoms with Crippen LogP contribution in [-0.2, 0) is 0 Å². The van der Waals surface area contributed by atoms with E-state index in [0.717, 1.165) is 16.3 Å². The van der Waals surface area contributed by atoms with Crippen molar-refractivity contribution in [2.24, 2.45) is 0 Å². The summed E-state index contributed by atoms with van der Waals surface area (Å²) in [6.07, 6.45) is 1.48. The van der Waals surface area contributed by atoms with Gasteiger partial charge in [-0.15, -0.1) is 0 Å². The molecule has 6 nitrogen and oxygen atoms in total. The third-order valence-electron chi connectivity index (χ3n) is 4.00. The number of carboxylic acid groups (broad SMARTS) is 1. The van der Waals surface area contributed by atoms with Crippen molar-refractivity contribution in [3.8, 4) is 0 Å². The summed E-state index contributed by atoms with van der Waals surface area (Å²) in [4.78, 5) is 28.4. The quantitative estimate of drug-likeness (QED) is 0.603. The van der Waals surface area contributed by atoms with E-state index in [0.29, 0.717) is 11.1 Å². The molecule has 0 spiro atoms. The number of carbonyl (C=O) groups is 2. The van der Waals surface area contributed by atoms with E-state index in [1.165, 1.54) is 16.9 Å². The van der Waals surface area contributed by atoms with Crippen LogP contribution in [0.2, 0.25) is 0 Å². The number of benzene rings is 2. The maximum Gasteiger partial charge on any atom is 0.354 e. The molecular weight excluding hydrogens is 318 g/mol. The van der Waals surface area contributed by atoms with Gasteiger partial charge in [-0.25, -0.2) is 9.47 Å². The second-order valence-corrected chi connectivity index (χ2v) is 5.59. The molecule has 2 N–H and O–H groups in total. The maximum absolute atomic E-state index is 12.6. The van der Waals surface area contributed by atoms with Gasteiger partial charge >= 0.3 is 5.97 Å². The fourth-order valence-electron chi connectivity index (χ4n) is 2.79. The zero-order chi connectivity index (χ0) is 17.4. The van der Waals surface area contributed by atoms with Crippen molar-refractivity contribution in [2.45, 2.75) is 0 Å². The number of carbonyl (C=O) groups excluding carboxylic acids is 1. The number of nitrogens with one attached hydrogen (secondary N) is 1. The lowest BCUT2D eigenvalue weighted by Crippen LogP contribution is -2.26. The molecule has 0 atom stereocenters. The highest BCUT2D eigenvalue weighted by Gasteiger charge is 2.17. The van der Waals surface area contributed by atoms with E-state index in [4.69, 9.17) is 0 Å². The predicted octanol–water partition coefficient (Wildman–Crippen LogP) is 3.27. The summed E-state index contributed by atoms with van der Waals surface area (Å²) in [6.45, 7) is 0. The zero-order valence-corrected chi connectivity index (χ0v) is 13.0. The number of hydrogen-bond donors (Lipinski definition) is 2. The van der Waals surface area contributed by atoms with Crippen LogP contribution < -0.4 is 5.43 Å². The smallest absolute Gasteiger partial charge is 0.354 e. The highest BCUT2D eigenvalue weighted by atomic mass is 16.4. The molecule has 0 saturated carbocycles. The normalized spacial score (nSPS) is 10.9. The fourth-order valence-corrected chi connectivity index (χ4v) is 2.79. The second-order valence-electron chi connectivity index (χ2n) is 5.59. The highest BCUT2D eigenvalue weighted by molar-refractivity contribution is 6.04. The van der Waals surface area contributed by atoms with Gasteiger partial charge < -0.3 is 5.11 Å². The Bertz CT molecular complexity index is 1130. The Labute approximate surface area is 142 Å². The number of aromatic nitrogens is 2. The summed E-state index contributed by atoms with van der Waals surface area (Å²) < 4.78 is 1.29. The Kier molecular flexibility index (Phi) is 3.43. The third-order valence-corrected chi connectivity index (χ3v) is 4.00. The minimum Gasteiger partial charge on any atom is -0.477 e. The average Bonchev–Trinajstić information content (AvgIpc) is 3.00. The lowest BCUT2D eigenvalue weighted by Gasteiger charge is -2.10. The van der Waals surface area contributed by atoms with Gasteiger partial charge in [0.2, 0.25) is 0 Å². The highest BCUT2D eigenvalue weighted by Crippen LogP contribution is 2.19. The van der Waals surface area contributed by atoms with E-state index in [9.17, 15) is 14.7 Å². The topological polar surface area (TPSA) is 84.2 Å². The molecule has 4 aromatic rings. The molecule has 0 aliphatic carbocycles. The summed E-state index contributed by atoms with van der Waals surface area (Å²) in [6, 6.07) is 17.9. The van der Waals surface area contributed by atoms with Gasteiger partial charge in [0.25, 0.3) is 5.91 Å². The van der Waals surface area contributed by atoms with Gasteiger partial charge in [-0.1, -0.05) is 36.4 Å². The van der Waals surface area contributed by atoms with Crippen molar-refractivity contribution in [1.29, 1.82) is 0 Å². The number of carboxylic acids is 1.